The fraction of sp³-hybridized carbons (Fsp3) is 0.188. The number of anilines is 2. The van der Waals surface area contributed by atoms with Crippen LogP contribution in [0.2, 0.25) is 5.02 Å². The van der Waals surface area contributed by atoms with Crippen LogP contribution in [0.25, 0.3) is 0 Å². The Bertz CT molecular complexity index is 646. The van der Waals surface area contributed by atoms with Gasteiger partial charge in [-0.1, -0.05) is 29.3 Å². The van der Waals surface area contributed by atoms with E-state index in [9.17, 15) is 0 Å². The van der Waals surface area contributed by atoms with Crippen molar-refractivity contribution in [3.05, 3.63) is 57.6 Å². The van der Waals surface area contributed by atoms with Crippen LogP contribution in [-0.4, -0.2) is 0 Å². The normalized spacial score (nSPS) is 10.1. The SMILES string of the molecule is Cc1cc(C)c(Nc2ccc(C#N)cc2Cl)c(C)c1. The average molecular weight is 271 g/mol. The van der Waals surface area contributed by atoms with Gasteiger partial charge in [-0.05, 0) is 50.1 Å². The summed E-state index contributed by atoms with van der Waals surface area (Å²) in [6, 6.07) is 11.6. The van der Waals surface area contributed by atoms with Crippen LogP contribution in [0.4, 0.5) is 11.4 Å². The van der Waals surface area contributed by atoms with Crippen LogP contribution in [0.3, 0.4) is 0 Å². The maximum absolute atomic E-state index is 8.83. The molecule has 2 nitrogen and oxygen atoms in total. The zero-order valence-electron chi connectivity index (χ0n) is 11.2. The monoisotopic (exact) mass is 270 g/mol. The summed E-state index contributed by atoms with van der Waals surface area (Å²) in [6.07, 6.45) is 0. The molecule has 0 fully saturated rings. The van der Waals surface area contributed by atoms with E-state index in [0.29, 0.717) is 10.6 Å². The van der Waals surface area contributed by atoms with Crippen molar-refractivity contribution in [1.29, 1.82) is 5.26 Å². The Kier molecular flexibility index (Phi) is 3.78. The summed E-state index contributed by atoms with van der Waals surface area (Å²) in [5.74, 6) is 0. The Morgan fingerprint density at radius 1 is 1.05 bits per heavy atom. The molecule has 0 aliphatic rings. The van der Waals surface area contributed by atoms with Crippen LogP contribution in [0, 0.1) is 32.1 Å². The fourth-order valence-electron chi connectivity index (χ4n) is 2.20. The van der Waals surface area contributed by atoms with Gasteiger partial charge in [0.25, 0.3) is 0 Å². The van der Waals surface area contributed by atoms with Gasteiger partial charge in [0.15, 0.2) is 0 Å². The highest BCUT2D eigenvalue weighted by Crippen LogP contribution is 2.30. The van der Waals surface area contributed by atoms with E-state index in [4.69, 9.17) is 16.9 Å². The van der Waals surface area contributed by atoms with Gasteiger partial charge < -0.3 is 5.32 Å². The van der Waals surface area contributed by atoms with E-state index in [1.807, 2.05) is 6.07 Å². The van der Waals surface area contributed by atoms with Crippen molar-refractivity contribution < 1.29 is 0 Å². The maximum Gasteiger partial charge on any atom is 0.0992 e. The zero-order chi connectivity index (χ0) is 14.0. The highest BCUT2D eigenvalue weighted by atomic mass is 35.5. The summed E-state index contributed by atoms with van der Waals surface area (Å²) in [4.78, 5) is 0. The van der Waals surface area contributed by atoms with E-state index in [1.54, 1.807) is 12.1 Å². The first-order valence-electron chi connectivity index (χ1n) is 6.06. The number of hydrogen-bond donors (Lipinski definition) is 1. The van der Waals surface area contributed by atoms with Crippen LogP contribution in [-0.2, 0) is 0 Å². The second-order valence-corrected chi connectivity index (χ2v) is 5.11. The van der Waals surface area contributed by atoms with Crippen LogP contribution in [0.5, 0.6) is 0 Å². The Hall–Kier alpha value is -1.98. The summed E-state index contributed by atoms with van der Waals surface area (Å²) < 4.78 is 0. The first-order valence-corrected chi connectivity index (χ1v) is 6.43. The predicted octanol–water partition coefficient (Wildman–Crippen LogP) is 4.88. The summed E-state index contributed by atoms with van der Waals surface area (Å²) in [5, 5.41) is 12.7. The molecule has 96 valence electrons. The van der Waals surface area contributed by atoms with E-state index in [-0.39, 0.29) is 0 Å². The molecule has 0 saturated heterocycles. The third kappa shape index (κ3) is 2.89. The van der Waals surface area contributed by atoms with Crippen molar-refractivity contribution >= 4 is 23.0 Å². The molecule has 2 aromatic carbocycles. The minimum absolute atomic E-state index is 0.554. The zero-order valence-corrected chi connectivity index (χ0v) is 12.0. The van der Waals surface area contributed by atoms with Gasteiger partial charge in [-0.15, -0.1) is 0 Å². The molecular formula is C16H15ClN2. The van der Waals surface area contributed by atoms with Gasteiger partial charge >= 0.3 is 0 Å². The average Bonchev–Trinajstić information content (AvgIpc) is 2.35. The second kappa shape index (κ2) is 5.34. The quantitative estimate of drug-likeness (QED) is 0.844. The molecule has 2 rings (SSSR count). The Labute approximate surface area is 118 Å². The molecule has 0 aliphatic carbocycles. The van der Waals surface area contributed by atoms with Gasteiger partial charge in [-0.25, -0.2) is 0 Å². The van der Waals surface area contributed by atoms with Crippen molar-refractivity contribution in [2.75, 3.05) is 5.32 Å². The number of rotatable bonds is 2. The smallest absolute Gasteiger partial charge is 0.0992 e. The maximum atomic E-state index is 8.83. The molecule has 0 spiro atoms. The minimum Gasteiger partial charge on any atom is -0.354 e. The predicted molar refractivity (Wildman–Crippen MR) is 80.1 cm³/mol. The van der Waals surface area contributed by atoms with Gasteiger partial charge in [-0.3, -0.25) is 0 Å². The molecule has 0 saturated carbocycles. The lowest BCUT2D eigenvalue weighted by atomic mass is 10.0. The van der Waals surface area contributed by atoms with Gasteiger partial charge in [0.1, 0.15) is 0 Å². The van der Waals surface area contributed by atoms with Crippen molar-refractivity contribution in [3.8, 4) is 6.07 Å². The number of aryl methyl sites for hydroxylation is 3. The third-order valence-corrected chi connectivity index (χ3v) is 3.35. The molecule has 0 atom stereocenters. The van der Waals surface area contributed by atoms with E-state index in [2.05, 4.69) is 44.3 Å². The number of halogens is 1. The van der Waals surface area contributed by atoms with E-state index in [0.717, 1.165) is 11.4 Å². The van der Waals surface area contributed by atoms with Gasteiger partial charge in [-0.2, -0.15) is 5.26 Å². The number of nitrogens with one attached hydrogen (secondary N) is 1. The molecule has 19 heavy (non-hydrogen) atoms. The standard InChI is InChI=1S/C16H15ClN2/c1-10-6-11(2)16(12(3)7-10)19-15-5-4-13(9-18)8-14(15)17/h4-8,19H,1-3H3. The number of hydrogen-bond acceptors (Lipinski definition) is 2. The highest BCUT2D eigenvalue weighted by Gasteiger charge is 2.07. The van der Waals surface area contributed by atoms with E-state index in [1.165, 1.54) is 16.7 Å². The Morgan fingerprint density at radius 2 is 1.68 bits per heavy atom. The van der Waals surface area contributed by atoms with Crippen LogP contribution < -0.4 is 5.32 Å². The van der Waals surface area contributed by atoms with Crippen LogP contribution >= 0.6 is 11.6 Å². The van der Waals surface area contributed by atoms with Gasteiger partial charge in [0.05, 0.1) is 22.3 Å². The van der Waals surface area contributed by atoms with E-state index >= 15 is 0 Å². The molecule has 2 aromatic rings. The van der Waals surface area contributed by atoms with Crippen molar-refractivity contribution in [1.82, 2.24) is 0 Å². The minimum atomic E-state index is 0.554. The van der Waals surface area contributed by atoms with E-state index < -0.39 is 0 Å². The number of benzene rings is 2. The lowest BCUT2D eigenvalue weighted by molar-refractivity contribution is 1.31. The fourth-order valence-corrected chi connectivity index (χ4v) is 2.43. The second-order valence-electron chi connectivity index (χ2n) is 4.71. The van der Waals surface area contributed by atoms with Gasteiger partial charge in [0.2, 0.25) is 0 Å². The summed E-state index contributed by atoms with van der Waals surface area (Å²) in [7, 11) is 0. The third-order valence-electron chi connectivity index (χ3n) is 3.03. The molecule has 0 unspecified atom stereocenters. The lowest BCUT2D eigenvalue weighted by Gasteiger charge is -2.15. The molecule has 1 N–H and O–H groups in total. The lowest BCUT2D eigenvalue weighted by Crippen LogP contribution is -1.98. The molecule has 0 aromatic heterocycles. The van der Waals surface area contributed by atoms with Crippen molar-refractivity contribution in [2.24, 2.45) is 0 Å². The molecule has 0 radical (unpaired) electrons. The summed E-state index contributed by atoms with van der Waals surface area (Å²) >= 11 is 6.18. The van der Waals surface area contributed by atoms with Crippen molar-refractivity contribution in [3.63, 3.8) is 0 Å². The number of nitriles is 1. The highest BCUT2D eigenvalue weighted by molar-refractivity contribution is 6.33. The number of nitrogens with zero attached hydrogens (tertiary/aromatic N) is 1. The Balaban J connectivity index is 2.40. The Morgan fingerprint density at radius 3 is 2.21 bits per heavy atom. The topological polar surface area (TPSA) is 35.8 Å². The van der Waals surface area contributed by atoms with Crippen LogP contribution in [0.15, 0.2) is 30.3 Å². The summed E-state index contributed by atoms with van der Waals surface area (Å²) in [5.41, 5.74) is 6.04. The summed E-state index contributed by atoms with van der Waals surface area (Å²) in [6.45, 7) is 6.22. The van der Waals surface area contributed by atoms with Crippen LogP contribution in [0.1, 0.15) is 22.3 Å². The van der Waals surface area contributed by atoms with Crippen molar-refractivity contribution in [2.45, 2.75) is 20.8 Å². The first-order chi connectivity index (χ1) is 9.01. The largest absolute Gasteiger partial charge is 0.354 e. The molecule has 0 bridgehead atoms. The first kappa shape index (κ1) is 13.5. The molecule has 0 aliphatic heterocycles. The van der Waals surface area contributed by atoms with Gasteiger partial charge in [0, 0.05) is 5.69 Å². The molecular weight excluding hydrogens is 256 g/mol. The molecule has 0 heterocycles. The molecule has 3 heteroatoms. The molecule has 0 amide bonds.